The molecule has 0 fully saturated rings. The van der Waals surface area contributed by atoms with E-state index in [9.17, 15) is 27.9 Å². The van der Waals surface area contributed by atoms with E-state index >= 15 is 0 Å². The summed E-state index contributed by atoms with van der Waals surface area (Å²) in [5, 5.41) is 13.3. The summed E-state index contributed by atoms with van der Waals surface area (Å²) in [5.74, 6) is -1.41. The van der Waals surface area contributed by atoms with E-state index in [1.165, 1.54) is 6.07 Å². The van der Waals surface area contributed by atoms with E-state index in [1.54, 1.807) is 37.3 Å². The van der Waals surface area contributed by atoms with E-state index in [1.807, 2.05) is 50.2 Å². The molecule has 9 heteroatoms. The number of fused-ring (bicyclic) bond motifs is 1. The zero-order valence-electron chi connectivity index (χ0n) is 23.6. The lowest BCUT2D eigenvalue weighted by atomic mass is 9.99. The monoisotopic (exact) mass is 604 g/mol. The van der Waals surface area contributed by atoms with Gasteiger partial charge in [-0.25, -0.2) is 4.79 Å². The summed E-state index contributed by atoms with van der Waals surface area (Å²) in [6.45, 7) is 6.14. The Balaban J connectivity index is 1.38. The number of carbonyl (C=O) groups is 2. The molecule has 0 bridgehead atoms. The number of aromatic carboxylic acids is 1. The summed E-state index contributed by atoms with van der Waals surface area (Å²) in [6.07, 6.45) is -4.52. The summed E-state index contributed by atoms with van der Waals surface area (Å²) >= 11 is 6.17. The molecule has 1 atom stereocenters. The zero-order chi connectivity index (χ0) is 31.1. The number of rotatable bonds is 7. The van der Waals surface area contributed by atoms with Crippen LogP contribution in [0.3, 0.4) is 0 Å². The van der Waals surface area contributed by atoms with Gasteiger partial charge in [-0.05, 0) is 91.1 Å². The Bertz CT molecular complexity index is 1860. The number of carboxylic acid groups (broad SMARTS) is 1. The topological polar surface area (TPSA) is 71.3 Å². The maximum absolute atomic E-state index is 13.2. The second kappa shape index (κ2) is 11.6. The number of halogens is 4. The fourth-order valence-corrected chi connectivity index (χ4v) is 5.58. The molecule has 1 aromatic heterocycles. The largest absolute Gasteiger partial charge is 0.478 e. The van der Waals surface area contributed by atoms with Gasteiger partial charge in [-0.15, -0.1) is 0 Å². The maximum atomic E-state index is 13.2. The molecule has 0 unspecified atom stereocenters. The van der Waals surface area contributed by atoms with E-state index in [-0.39, 0.29) is 16.1 Å². The normalized spacial score (nSPS) is 12.3. The van der Waals surface area contributed by atoms with E-state index in [0.717, 1.165) is 45.4 Å². The number of aromatic nitrogens is 1. The number of aryl methyl sites for hydroxylation is 1. The second-order valence-electron chi connectivity index (χ2n) is 10.5. The van der Waals surface area contributed by atoms with Crippen LogP contribution in [0.1, 0.15) is 61.6 Å². The molecule has 0 spiro atoms. The Labute approximate surface area is 251 Å². The van der Waals surface area contributed by atoms with Gasteiger partial charge in [0.25, 0.3) is 5.91 Å². The molecule has 1 heterocycles. The lowest BCUT2D eigenvalue weighted by molar-refractivity contribution is -0.137. The summed E-state index contributed by atoms with van der Waals surface area (Å²) in [6, 6.07) is 22.3. The Morgan fingerprint density at radius 1 is 0.953 bits per heavy atom. The van der Waals surface area contributed by atoms with Crippen molar-refractivity contribution in [3.05, 3.63) is 129 Å². The summed E-state index contributed by atoms with van der Waals surface area (Å²) in [5.41, 5.74) is 5.41. The van der Waals surface area contributed by atoms with Gasteiger partial charge in [0.05, 0.1) is 17.2 Å². The van der Waals surface area contributed by atoms with Gasteiger partial charge in [-0.2, -0.15) is 13.2 Å². The van der Waals surface area contributed by atoms with Crippen LogP contribution in [0.15, 0.2) is 84.9 Å². The van der Waals surface area contributed by atoms with Crippen LogP contribution in [0, 0.1) is 13.8 Å². The van der Waals surface area contributed by atoms with Crippen LogP contribution < -0.4 is 5.32 Å². The Morgan fingerprint density at radius 2 is 1.65 bits per heavy atom. The van der Waals surface area contributed by atoms with Crippen molar-refractivity contribution in [2.75, 3.05) is 0 Å². The van der Waals surface area contributed by atoms with Crippen molar-refractivity contribution >= 4 is 34.4 Å². The van der Waals surface area contributed by atoms with Crippen molar-refractivity contribution < 1.29 is 27.9 Å². The van der Waals surface area contributed by atoms with Crippen molar-refractivity contribution in [3.63, 3.8) is 0 Å². The van der Waals surface area contributed by atoms with Gasteiger partial charge >= 0.3 is 12.1 Å². The third-order valence-electron chi connectivity index (χ3n) is 7.80. The van der Waals surface area contributed by atoms with E-state index in [4.69, 9.17) is 11.6 Å². The maximum Gasteiger partial charge on any atom is 0.416 e. The molecule has 0 aliphatic heterocycles. The van der Waals surface area contributed by atoms with Gasteiger partial charge in [0.1, 0.15) is 0 Å². The van der Waals surface area contributed by atoms with Gasteiger partial charge in [-0.1, -0.05) is 54.1 Å². The highest BCUT2D eigenvalue weighted by Gasteiger charge is 2.31. The molecule has 0 aliphatic rings. The lowest BCUT2D eigenvalue weighted by Gasteiger charge is -2.18. The van der Waals surface area contributed by atoms with E-state index in [0.29, 0.717) is 17.7 Å². The number of hydrogen-bond donors (Lipinski definition) is 2. The number of carboxylic acids is 1. The molecule has 0 saturated carbocycles. The molecule has 0 saturated heterocycles. The minimum absolute atomic E-state index is 0.138. The molecular formula is C34H28ClF3N2O3. The first-order valence-electron chi connectivity index (χ1n) is 13.5. The highest BCUT2D eigenvalue weighted by Crippen LogP contribution is 2.34. The van der Waals surface area contributed by atoms with Gasteiger partial charge in [0.15, 0.2) is 0 Å². The molecule has 2 N–H and O–H groups in total. The second-order valence-corrected chi connectivity index (χ2v) is 10.9. The van der Waals surface area contributed by atoms with Gasteiger partial charge in [0.2, 0.25) is 0 Å². The first-order valence-corrected chi connectivity index (χ1v) is 13.9. The average molecular weight is 605 g/mol. The van der Waals surface area contributed by atoms with Gasteiger partial charge < -0.3 is 15.0 Å². The fraction of sp³-hybridized carbons (Fsp3) is 0.176. The number of hydrogen-bond acceptors (Lipinski definition) is 2. The van der Waals surface area contributed by atoms with Crippen LogP contribution in [0.4, 0.5) is 13.2 Å². The SMILES string of the molecule is Cc1c(C)n(Cc2ccc(-c3ccccc3C(=O)O)cc2)c2ccc(C(=O)N[C@@H](C)c3cc(C(F)(F)F)ccc3Cl)cc12. The summed E-state index contributed by atoms with van der Waals surface area (Å²) in [4.78, 5) is 24.8. The number of nitrogens with one attached hydrogen (secondary N) is 1. The van der Waals surface area contributed by atoms with Gasteiger partial charge in [0, 0.05) is 33.7 Å². The number of nitrogens with zero attached hydrogens (tertiary/aromatic N) is 1. The van der Waals surface area contributed by atoms with Crippen molar-refractivity contribution in [2.24, 2.45) is 0 Å². The Morgan fingerprint density at radius 3 is 2.33 bits per heavy atom. The van der Waals surface area contributed by atoms with Crippen LogP contribution in [-0.2, 0) is 12.7 Å². The molecule has 220 valence electrons. The van der Waals surface area contributed by atoms with E-state index in [2.05, 4.69) is 9.88 Å². The van der Waals surface area contributed by atoms with Crippen molar-refractivity contribution in [1.82, 2.24) is 9.88 Å². The highest BCUT2D eigenvalue weighted by atomic mass is 35.5. The first kappa shape index (κ1) is 29.9. The third kappa shape index (κ3) is 6.01. The Kier molecular flexibility index (Phi) is 8.08. The van der Waals surface area contributed by atoms with Crippen LogP contribution in [0.5, 0.6) is 0 Å². The third-order valence-corrected chi connectivity index (χ3v) is 8.15. The molecule has 1 amide bonds. The van der Waals surface area contributed by atoms with Crippen molar-refractivity contribution in [3.8, 4) is 11.1 Å². The zero-order valence-corrected chi connectivity index (χ0v) is 24.3. The van der Waals surface area contributed by atoms with Gasteiger partial charge in [-0.3, -0.25) is 4.79 Å². The first-order chi connectivity index (χ1) is 20.3. The lowest BCUT2D eigenvalue weighted by Crippen LogP contribution is -2.27. The molecule has 5 aromatic rings. The van der Waals surface area contributed by atoms with Crippen LogP contribution in [-0.4, -0.2) is 21.6 Å². The van der Waals surface area contributed by atoms with E-state index < -0.39 is 29.7 Å². The number of carbonyl (C=O) groups excluding carboxylic acids is 1. The van der Waals surface area contributed by atoms with Crippen molar-refractivity contribution in [2.45, 2.75) is 39.5 Å². The molecule has 43 heavy (non-hydrogen) atoms. The van der Waals surface area contributed by atoms with Crippen molar-refractivity contribution in [1.29, 1.82) is 0 Å². The molecule has 0 aliphatic carbocycles. The minimum atomic E-state index is -4.52. The van der Waals surface area contributed by atoms with Crippen LogP contribution in [0.25, 0.3) is 22.0 Å². The fourth-order valence-electron chi connectivity index (χ4n) is 5.30. The predicted molar refractivity (Wildman–Crippen MR) is 162 cm³/mol. The highest BCUT2D eigenvalue weighted by molar-refractivity contribution is 6.31. The number of alkyl halides is 3. The standard InChI is InChI=1S/C34H28ClF3N2O3/c1-19-21(3)40(18-22-8-10-23(11-9-22)26-6-4-5-7-27(26)33(42)43)31-15-12-24(16-28(19)31)32(41)39-20(2)29-17-25(34(36,37)38)13-14-30(29)35/h4-17,20H,18H2,1-3H3,(H,39,41)(H,42,43)/t20-/m0/s1. The van der Waals surface area contributed by atoms with Crippen LogP contribution >= 0.6 is 11.6 Å². The molecule has 0 radical (unpaired) electrons. The Hall–Kier alpha value is -4.56. The van der Waals surface area contributed by atoms with Crippen LogP contribution in [0.2, 0.25) is 5.02 Å². The molecule has 4 aromatic carbocycles. The molecule has 5 rings (SSSR count). The summed E-state index contributed by atoms with van der Waals surface area (Å²) < 4.78 is 41.8. The minimum Gasteiger partial charge on any atom is -0.478 e. The predicted octanol–water partition coefficient (Wildman–Crippen LogP) is 8.83. The molecule has 5 nitrogen and oxygen atoms in total. The smallest absolute Gasteiger partial charge is 0.416 e. The summed E-state index contributed by atoms with van der Waals surface area (Å²) in [7, 11) is 0. The average Bonchev–Trinajstić information content (AvgIpc) is 3.21. The quantitative estimate of drug-likeness (QED) is 0.195. The number of amides is 1. The molecular weight excluding hydrogens is 577 g/mol. The number of benzene rings is 4.